The zero-order valence-corrected chi connectivity index (χ0v) is 45.8. The van der Waals surface area contributed by atoms with Gasteiger partial charge in [0, 0.05) is 19.3 Å². The van der Waals surface area contributed by atoms with Gasteiger partial charge in [-0.2, -0.15) is 0 Å². The number of allylic oxidation sites excluding steroid dienone is 10. The molecule has 0 saturated heterocycles. The van der Waals surface area contributed by atoms with Gasteiger partial charge in [-0.3, -0.25) is 14.4 Å². The van der Waals surface area contributed by atoms with Crippen LogP contribution < -0.4 is 0 Å². The van der Waals surface area contributed by atoms with Crippen molar-refractivity contribution in [3.05, 3.63) is 60.8 Å². The number of carbonyl (C=O) groups excluding carboxylic acids is 3. The zero-order chi connectivity index (χ0) is 50.0. The molecular formula is C63H112O6. The van der Waals surface area contributed by atoms with E-state index in [0.29, 0.717) is 19.3 Å². The summed E-state index contributed by atoms with van der Waals surface area (Å²) in [5.41, 5.74) is 0. The zero-order valence-electron chi connectivity index (χ0n) is 45.8. The van der Waals surface area contributed by atoms with E-state index in [2.05, 4.69) is 81.5 Å². The number of carbonyl (C=O) groups is 3. The van der Waals surface area contributed by atoms with Crippen LogP contribution in [0.25, 0.3) is 0 Å². The molecule has 0 amide bonds. The summed E-state index contributed by atoms with van der Waals surface area (Å²) in [5.74, 6) is -0.878. The molecule has 0 aliphatic heterocycles. The van der Waals surface area contributed by atoms with E-state index in [1.807, 2.05) is 0 Å². The largest absolute Gasteiger partial charge is 0.462 e. The van der Waals surface area contributed by atoms with E-state index in [1.165, 1.54) is 173 Å². The number of ether oxygens (including phenoxy) is 3. The minimum absolute atomic E-state index is 0.0769. The van der Waals surface area contributed by atoms with Gasteiger partial charge in [0.2, 0.25) is 0 Å². The lowest BCUT2D eigenvalue weighted by Gasteiger charge is -2.18. The van der Waals surface area contributed by atoms with Crippen molar-refractivity contribution in [2.24, 2.45) is 0 Å². The molecule has 0 saturated carbocycles. The number of hydrogen-bond acceptors (Lipinski definition) is 6. The van der Waals surface area contributed by atoms with Crippen LogP contribution in [0.15, 0.2) is 60.8 Å². The van der Waals surface area contributed by atoms with E-state index in [4.69, 9.17) is 14.2 Å². The highest BCUT2D eigenvalue weighted by Crippen LogP contribution is 2.16. The fourth-order valence-electron chi connectivity index (χ4n) is 8.55. The first-order chi connectivity index (χ1) is 34.0. The van der Waals surface area contributed by atoms with Crippen molar-refractivity contribution in [2.45, 2.75) is 309 Å². The maximum atomic E-state index is 12.9. The van der Waals surface area contributed by atoms with Crippen molar-refractivity contribution in [3.63, 3.8) is 0 Å². The van der Waals surface area contributed by atoms with Crippen LogP contribution in [0.3, 0.4) is 0 Å². The summed E-state index contributed by atoms with van der Waals surface area (Å²) < 4.78 is 16.9. The number of rotatable bonds is 54. The molecule has 0 aromatic carbocycles. The average molecular weight is 966 g/mol. The highest BCUT2D eigenvalue weighted by atomic mass is 16.6. The van der Waals surface area contributed by atoms with Crippen LogP contribution >= 0.6 is 0 Å². The normalized spacial score (nSPS) is 12.4. The van der Waals surface area contributed by atoms with Crippen molar-refractivity contribution in [3.8, 4) is 0 Å². The predicted octanol–water partition coefficient (Wildman–Crippen LogP) is 20.0. The molecule has 0 bridgehead atoms. The van der Waals surface area contributed by atoms with Crippen molar-refractivity contribution >= 4 is 17.9 Å². The third-order valence-corrected chi connectivity index (χ3v) is 13.0. The second-order valence-electron chi connectivity index (χ2n) is 19.9. The number of hydrogen-bond donors (Lipinski definition) is 0. The van der Waals surface area contributed by atoms with Gasteiger partial charge in [-0.15, -0.1) is 0 Å². The third kappa shape index (κ3) is 55.9. The summed E-state index contributed by atoms with van der Waals surface area (Å²) in [6.07, 6.45) is 72.1. The molecule has 1 atom stereocenters. The summed E-state index contributed by atoms with van der Waals surface area (Å²) in [4.78, 5) is 38.2. The summed E-state index contributed by atoms with van der Waals surface area (Å²) in [7, 11) is 0. The van der Waals surface area contributed by atoms with E-state index < -0.39 is 6.10 Å². The lowest BCUT2D eigenvalue weighted by atomic mass is 10.0. The van der Waals surface area contributed by atoms with E-state index in [1.54, 1.807) is 0 Å². The Morgan fingerprint density at radius 1 is 0.304 bits per heavy atom. The van der Waals surface area contributed by atoms with Crippen LogP contribution in [0.1, 0.15) is 303 Å². The molecule has 6 nitrogen and oxygen atoms in total. The molecule has 0 aliphatic rings. The Kier molecular flexibility index (Phi) is 55.3. The molecule has 0 aromatic rings. The molecule has 69 heavy (non-hydrogen) atoms. The highest BCUT2D eigenvalue weighted by molar-refractivity contribution is 5.71. The number of unbranched alkanes of at least 4 members (excludes halogenated alkanes) is 33. The van der Waals surface area contributed by atoms with Crippen molar-refractivity contribution < 1.29 is 28.6 Å². The Morgan fingerprint density at radius 3 is 0.884 bits per heavy atom. The summed E-state index contributed by atoms with van der Waals surface area (Å²) in [5, 5.41) is 0. The molecule has 0 aromatic heterocycles. The summed E-state index contributed by atoms with van der Waals surface area (Å²) in [6, 6.07) is 0. The fraction of sp³-hybridized carbons (Fsp3) is 0.794. The first kappa shape index (κ1) is 66.1. The van der Waals surface area contributed by atoms with E-state index in [0.717, 1.165) is 89.9 Å². The van der Waals surface area contributed by atoms with Crippen LogP contribution in [0.2, 0.25) is 0 Å². The van der Waals surface area contributed by atoms with Crippen LogP contribution in [0.5, 0.6) is 0 Å². The van der Waals surface area contributed by atoms with Crippen LogP contribution in [0.4, 0.5) is 0 Å². The first-order valence-corrected chi connectivity index (χ1v) is 29.8. The Hall–Kier alpha value is -2.89. The summed E-state index contributed by atoms with van der Waals surface area (Å²) >= 11 is 0. The van der Waals surface area contributed by atoms with Gasteiger partial charge in [0.25, 0.3) is 0 Å². The van der Waals surface area contributed by atoms with Gasteiger partial charge < -0.3 is 14.2 Å². The standard InChI is InChI=1S/C63H112O6/c1-4-7-10-13-16-19-22-25-27-29-30-31-32-34-35-38-41-44-47-50-53-56-62(65)68-59-60(58-67-61(64)55-52-49-46-43-40-37-24-21-18-15-12-9-6-3)69-63(66)57-54-51-48-45-42-39-36-33-28-26-23-20-17-14-11-8-5-2/h8,11,17,20,22,25-26,28-30,60H,4-7,9-10,12-16,18-19,21,23-24,27,31-59H2,1-3H3/b11-8-,20-17-,25-22-,28-26-,30-29-. The second kappa shape index (κ2) is 57.7. The van der Waals surface area contributed by atoms with Crippen LogP contribution in [-0.2, 0) is 28.6 Å². The van der Waals surface area contributed by atoms with Gasteiger partial charge in [-0.1, -0.05) is 261 Å². The first-order valence-electron chi connectivity index (χ1n) is 29.8. The van der Waals surface area contributed by atoms with Gasteiger partial charge in [0.1, 0.15) is 13.2 Å². The SMILES string of the molecule is CC/C=C\C/C=C\C/C=C\CCCCCCCCCC(=O)OC(COC(=O)CCCCCCCCCCC/C=C\C/C=C\CCCCCCC)COC(=O)CCCCCCCCCCCCCCC. The quantitative estimate of drug-likeness (QED) is 0.0262. The molecular weight excluding hydrogens is 853 g/mol. The van der Waals surface area contributed by atoms with Gasteiger partial charge in [0.05, 0.1) is 0 Å². The molecule has 1 unspecified atom stereocenters. The lowest BCUT2D eigenvalue weighted by molar-refractivity contribution is -0.167. The minimum atomic E-state index is -0.780. The average Bonchev–Trinajstić information content (AvgIpc) is 3.35. The van der Waals surface area contributed by atoms with E-state index >= 15 is 0 Å². The Bertz CT molecular complexity index is 1250. The van der Waals surface area contributed by atoms with Crippen molar-refractivity contribution in [1.82, 2.24) is 0 Å². The van der Waals surface area contributed by atoms with Gasteiger partial charge >= 0.3 is 17.9 Å². The molecule has 6 heteroatoms. The molecule has 0 rings (SSSR count). The van der Waals surface area contributed by atoms with E-state index in [-0.39, 0.29) is 31.1 Å². The monoisotopic (exact) mass is 965 g/mol. The molecule has 0 heterocycles. The molecule has 400 valence electrons. The number of esters is 3. The molecule has 0 spiro atoms. The van der Waals surface area contributed by atoms with Gasteiger partial charge in [-0.25, -0.2) is 0 Å². The van der Waals surface area contributed by atoms with Crippen molar-refractivity contribution in [2.75, 3.05) is 13.2 Å². The molecule has 0 radical (unpaired) electrons. The minimum Gasteiger partial charge on any atom is -0.462 e. The molecule has 0 fully saturated rings. The topological polar surface area (TPSA) is 78.9 Å². The molecule has 0 N–H and O–H groups in total. The van der Waals surface area contributed by atoms with Crippen molar-refractivity contribution in [1.29, 1.82) is 0 Å². The molecule has 0 aliphatic carbocycles. The maximum Gasteiger partial charge on any atom is 0.306 e. The maximum absolute atomic E-state index is 12.9. The lowest BCUT2D eigenvalue weighted by Crippen LogP contribution is -2.30. The summed E-state index contributed by atoms with van der Waals surface area (Å²) in [6.45, 7) is 6.54. The van der Waals surface area contributed by atoms with Gasteiger partial charge in [-0.05, 0) is 83.5 Å². The Balaban J connectivity index is 4.34. The Morgan fingerprint density at radius 2 is 0.565 bits per heavy atom. The van der Waals surface area contributed by atoms with Crippen LogP contribution in [-0.4, -0.2) is 37.2 Å². The van der Waals surface area contributed by atoms with Gasteiger partial charge in [0.15, 0.2) is 6.10 Å². The van der Waals surface area contributed by atoms with E-state index in [9.17, 15) is 14.4 Å². The third-order valence-electron chi connectivity index (χ3n) is 13.0. The Labute approximate surface area is 428 Å². The second-order valence-corrected chi connectivity index (χ2v) is 19.9. The fourth-order valence-corrected chi connectivity index (χ4v) is 8.55. The highest BCUT2D eigenvalue weighted by Gasteiger charge is 2.19. The smallest absolute Gasteiger partial charge is 0.306 e. The predicted molar refractivity (Wildman–Crippen MR) is 298 cm³/mol. The van der Waals surface area contributed by atoms with Crippen LogP contribution in [0, 0.1) is 0 Å².